The van der Waals surface area contributed by atoms with E-state index in [4.69, 9.17) is 4.84 Å². The molecular weight excluding hydrogens is 174 g/mol. The molecule has 14 heavy (non-hydrogen) atoms. The number of allylic oxidation sites excluding steroid dienone is 1. The number of hydroxylamine groups is 2. The van der Waals surface area contributed by atoms with Crippen molar-refractivity contribution < 1.29 is 4.84 Å². The quantitative estimate of drug-likeness (QED) is 0.543. The van der Waals surface area contributed by atoms with E-state index in [1.165, 1.54) is 25.7 Å². The minimum absolute atomic E-state index is 0.539. The largest absolute Gasteiger partial charge is 0.295 e. The van der Waals surface area contributed by atoms with Gasteiger partial charge in [-0.2, -0.15) is 5.06 Å². The molecule has 1 aliphatic heterocycles. The van der Waals surface area contributed by atoms with Gasteiger partial charge in [-0.3, -0.25) is 4.84 Å². The zero-order valence-corrected chi connectivity index (χ0v) is 8.65. The van der Waals surface area contributed by atoms with Crippen molar-refractivity contribution in [3.63, 3.8) is 0 Å². The van der Waals surface area contributed by atoms with E-state index in [2.05, 4.69) is 18.2 Å². The molecule has 0 aromatic heterocycles. The van der Waals surface area contributed by atoms with Crippen LogP contribution in [-0.2, 0) is 4.84 Å². The van der Waals surface area contributed by atoms with Crippen LogP contribution < -0.4 is 0 Å². The van der Waals surface area contributed by atoms with Crippen LogP contribution in [0.5, 0.6) is 0 Å². The average Bonchev–Trinajstić information content (AvgIpc) is 2.77. The lowest BCUT2D eigenvalue weighted by Gasteiger charge is -2.23. The van der Waals surface area contributed by atoms with Crippen molar-refractivity contribution in [2.75, 3.05) is 7.05 Å². The van der Waals surface area contributed by atoms with Crippen molar-refractivity contribution in [2.45, 2.75) is 37.8 Å². The molecule has 2 saturated carbocycles. The predicted molar refractivity (Wildman–Crippen MR) is 53.4 cm³/mol. The monoisotopic (exact) mass is 191 g/mol. The summed E-state index contributed by atoms with van der Waals surface area (Å²) in [6, 6.07) is 0.723. The van der Waals surface area contributed by atoms with Gasteiger partial charge in [0.15, 0.2) is 0 Å². The van der Waals surface area contributed by atoms with Crippen LogP contribution in [0.1, 0.15) is 25.7 Å². The number of hydrogen-bond donors (Lipinski definition) is 0. The van der Waals surface area contributed by atoms with Crippen molar-refractivity contribution in [1.29, 1.82) is 0 Å². The Morgan fingerprint density at radius 3 is 3.36 bits per heavy atom. The molecule has 0 aromatic rings. The van der Waals surface area contributed by atoms with Gasteiger partial charge < -0.3 is 0 Å². The molecule has 2 heteroatoms. The summed E-state index contributed by atoms with van der Waals surface area (Å²) in [7, 11) is 2.13. The first-order chi connectivity index (χ1) is 6.84. The fourth-order valence-electron chi connectivity index (χ4n) is 4.37. The minimum Gasteiger partial charge on any atom is -0.295 e. The number of rotatable bonds is 0. The van der Waals surface area contributed by atoms with Gasteiger partial charge in [-0.25, -0.2) is 0 Å². The van der Waals surface area contributed by atoms with E-state index in [1.54, 1.807) is 5.57 Å². The Morgan fingerprint density at radius 1 is 1.50 bits per heavy atom. The van der Waals surface area contributed by atoms with Crippen LogP contribution in [0.2, 0.25) is 0 Å². The lowest BCUT2D eigenvalue weighted by Crippen LogP contribution is -2.31. The SMILES string of the molecule is CN1O[C@H]2[C@@H]3[C@@H]4C[C@H]2C=C4CCC[C@@H]31. The second kappa shape index (κ2) is 2.42. The number of fused-ring (bicyclic) bond motifs is 2. The lowest BCUT2D eigenvalue weighted by atomic mass is 9.82. The highest BCUT2D eigenvalue weighted by Gasteiger charge is 2.57. The van der Waals surface area contributed by atoms with Crippen LogP contribution >= 0.6 is 0 Å². The molecule has 3 fully saturated rings. The molecule has 76 valence electrons. The van der Waals surface area contributed by atoms with E-state index in [0.29, 0.717) is 6.10 Å². The molecule has 0 amide bonds. The van der Waals surface area contributed by atoms with Gasteiger partial charge in [-0.15, -0.1) is 0 Å². The first kappa shape index (κ1) is 7.89. The van der Waals surface area contributed by atoms with Crippen molar-refractivity contribution in [1.82, 2.24) is 5.06 Å². The predicted octanol–water partition coefficient (Wildman–Crippen LogP) is 1.98. The lowest BCUT2D eigenvalue weighted by molar-refractivity contribution is -0.152. The van der Waals surface area contributed by atoms with Crippen LogP contribution in [0, 0.1) is 17.8 Å². The van der Waals surface area contributed by atoms with Crippen LogP contribution in [0.4, 0.5) is 0 Å². The van der Waals surface area contributed by atoms with E-state index < -0.39 is 0 Å². The third-order valence-corrected chi connectivity index (χ3v) is 4.86. The fraction of sp³-hybridized carbons (Fsp3) is 0.833. The van der Waals surface area contributed by atoms with Gasteiger partial charge in [0.1, 0.15) is 0 Å². The van der Waals surface area contributed by atoms with E-state index in [9.17, 15) is 0 Å². The van der Waals surface area contributed by atoms with Crippen LogP contribution in [-0.4, -0.2) is 24.3 Å². The highest BCUT2D eigenvalue weighted by atomic mass is 16.7. The highest BCUT2D eigenvalue weighted by molar-refractivity contribution is 5.27. The first-order valence-corrected chi connectivity index (χ1v) is 5.95. The summed E-state index contributed by atoms with van der Waals surface area (Å²) >= 11 is 0. The second-order valence-corrected chi connectivity index (χ2v) is 5.40. The van der Waals surface area contributed by atoms with Crippen molar-refractivity contribution >= 4 is 0 Å². The third kappa shape index (κ3) is 0.763. The molecule has 1 heterocycles. The molecule has 0 spiro atoms. The topological polar surface area (TPSA) is 12.5 Å². The van der Waals surface area contributed by atoms with Gasteiger partial charge in [-0.05, 0) is 31.6 Å². The van der Waals surface area contributed by atoms with E-state index in [0.717, 1.165) is 23.8 Å². The zero-order valence-electron chi connectivity index (χ0n) is 8.65. The molecule has 0 aromatic carbocycles. The molecule has 2 nitrogen and oxygen atoms in total. The first-order valence-electron chi connectivity index (χ1n) is 5.95. The van der Waals surface area contributed by atoms with Crippen molar-refractivity contribution in [3.05, 3.63) is 11.6 Å². The van der Waals surface area contributed by atoms with Crippen molar-refractivity contribution in [3.8, 4) is 0 Å². The summed E-state index contributed by atoms with van der Waals surface area (Å²) in [4.78, 5) is 5.99. The maximum Gasteiger partial charge on any atom is 0.0905 e. The van der Waals surface area contributed by atoms with Gasteiger partial charge in [0.2, 0.25) is 0 Å². The number of hydrogen-bond acceptors (Lipinski definition) is 2. The standard InChI is InChI=1S/C12H17NO/c1-13-10-4-2-3-7-5-8-6-9(7)11(10)12(8)14-13/h5,8-12H,2-4,6H2,1H3/t8-,9-,10+,11-,12-/m1/s1. The van der Waals surface area contributed by atoms with Crippen LogP contribution in [0.15, 0.2) is 11.6 Å². The molecule has 3 aliphatic carbocycles. The smallest absolute Gasteiger partial charge is 0.0905 e. The Labute approximate surface area is 84.9 Å². The van der Waals surface area contributed by atoms with Gasteiger partial charge in [0.05, 0.1) is 6.10 Å². The van der Waals surface area contributed by atoms with Gasteiger partial charge in [-0.1, -0.05) is 11.6 Å². The summed E-state index contributed by atoms with van der Waals surface area (Å²) < 4.78 is 0. The molecule has 5 atom stereocenters. The maximum absolute atomic E-state index is 5.99. The van der Waals surface area contributed by atoms with E-state index >= 15 is 0 Å². The molecule has 2 bridgehead atoms. The highest BCUT2D eigenvalue weighted by Crippen LogP contribution is 2.57. The molecule has 4 aliphatic rings. The van der Waals surface area contributed by atoms with Gasteiger partial charge in [0, 0.05) is 24.9 Å². The Hall–Kier alpha value is -0.340. The molecule has 4 rings (SSSR count). The summed E-state index contributed by atoms with van der Waals surface area (Å²) in [5.74, 6) is 2.49. The number of nitrogens with zero attached hydrogens (tertiary/aromatic N) is 1. The van der Waals surface area contributed by atoms with Crippen LogP contribution in [0.25, 0.3) is 0 Å². The molecule has 0 unspecified atom stereocenters. The third-order valence-electron chi connectivity index (χ3n) is 4.86. The Morgan fingerprint density at radius 2 is 2.43 bits per heavy atom. The Bertz CT molecular complexity index is 311. The molecular formula is C12H17NO. The Balaban J connectivity index is 1.82. The maximum atomic E-state index is 5.99. The summed E-state index contributed by atoms with van der Waals surface area (Å²) in [5, 5.41) is 2.16. The minimum atomic E-state index is 0.539. The molecule has 1 saturated heterocycles. The molecule has 0 N–H and O–H groups in total. The van der Waals surface area contributed by atoms with E-state index in [-0.39, 0.29) is 0 Å². The summed E-state index contributed by atoms with van der Waals surface area (Å²) in [6.45, 7) is 0. The van der Waals surface area contributed by atoms with Gasteiger partial charge >= 0.3 is 0 Å². The van der Waals surface area contributed by atoms with Crippen molar-refractivity contribution in [2.24, 2.45) is 17.8 Å². The fourth-order valence-corrected chi connectivity index (χ4v) is 4.37. The second-order valence-electron chi connectivity index (χ2n) is 5.40. The summed E-state index contributed by atoms with van der Waals surface area (Å²) in [5.41, 5.74) is 1.78. The van der Waals surface area contributed by atoms with E-state index in [1.807, 2.05) is 0 Å². The molecule has 0 radical (unpaired) electrons. The Kier molecular flexibility index (Phi) is 1.36. The normalized spacial score (nSPS) is 54.9. The average molecular weight is 191 g/mol. The zero-order chi connectivity index (χ0) is 9.28. The van der Waals surface area contributed by atoms with Gasteiger partial charge in [0.25, 0.3) is 0 Å². The summed E-state index contributed by atoms with van der Waals surface area (Å²) in [6.07, 6.45) is 8.56. The van der Waals surface area contributed by atoms with Crippen LogP contribution in [0.3, 0.4) is 0 Å².